The van der Waals surface area contributed by atoms with Crippen LogP contribution in [-0.2, 0) is 0 Å². The molecule has 6 heterocycles. The molecule has 4 aliphatic rings. The maximum atomic E-state index is 14.9. The lowest BCUT2D eigenvalue weighted by molar-refractivity contribution is 0.111. The number of terminal acetylenes is 1. The summed E-state index contributed by atoms with van der Waals surface area (Å²) in [7, 11) is 0. The summed E-state index contributed by atoms with van der Waals surface area (Å²) >= 11 is 0. The number of anilines is 1. The zero-order valence-electron chi connectivity index (χ0n) is 23.2. The molecule has 0 saturated carbocycles. The van der Waals surface area contributed by atoms with Crippen molar-refractivity contribution in [3.63, 3.8) is 0 Å². The van der Waals surface area contributed by atoms with Gasteiger partial charge in [-0.25, -0.2) is 13.5 Å². The van der Waals surface area contributed by atoms with Crippen LogP contribution >= 0.6 is 0 Å². The maximum absolute atomic E-state index is 14.9. The minimum Gasteiger partial charge on any atom is -0.508 e. The Morgan fingerprint density at radius 2 is 2.00 bits per heavy atom. The molecule has 10 heteroatoms. The number of phenols is 1. The molecule has 8 rings (SSSR count). The van der Waals surface area contributed by atoms with Gasteiger partial charge in [0.2, 0.25) is 5.88 Å². The predicted octanol–water partition coefficient (Wildman–Crippen LogP) is 4.30. The van der Waals surface area contributed by atoms with Gasteiger partial charge in [-0.05, 0) is 49.7 Å². The van der Waals surface area contributed by atoms with Crippen molar-refractivity contribution in [2.24, 2.45) is 0 Å². The van der Waals surface area contributed by atoms with E-state index < -0.39 is 12.0 Å². The van der Waals surface area contributed by atoms with Crippen molar-refractivity contribution in [2.45, 2.75) is 55.9 Å². The van der Waals surface area contributed by atoms with Gasteiger partial charge in [0, 0.05) is 55.7 Å². The number of pyridine rings is 1. The van der Waals surface area contributed by atoms with Crippen molar-refractivity contribution >= 4 is 27.5 Å². The van der Waals surface area contributed by atoms with Gasteiger partial charge < -0.3 is 20.1 Å². The van der Waals surface area contributed by atoms with Crippen LogP contribution in [0.4, 0.5) is 14.6 Å². The lowest BCUT2D eigenvalue weighted by Crippen LogP contribution is -2.51. The fourth-order valence-electron chi connectivity index (χ4n) is 7.83. The second-order valence-corrected chi connectivity index (χ2v) is 12.3. The number of fused-ring (bicyclic) bond motifs is 5. The van der Waals surface area contributed by atoms with Crippen molar-refractivity contribution < 1.29 is 18.6 Å². The Labute approximate surface area is 242 Å². The van der Waals surface area contributed by atoms with Crippen LogP contribution in [0.1, 0.15) is 37.7 Å². The van der Waals surface area contributed by atoms with E-state index in [-0.39, 0.29) is 16.9 Å². The van der Waals surface area contributed by atoms with E-state index in [0.29, 0.717) is 59.5 Å². The van der Waals surface area contributed by atoms with Gasteiger partial charge in [0.05, 0.1) is 33.9 Å². The smallest absolute Gasteiger partial charge is 0.217 e. The Morgan fingerprint density at radius 3 is 2.81 bits per heavy atom. The normalized spacial score (nSPS) is 27.2. The molecule has 4 aromatic rings. The second-order valence-electron chi connectivity index (χ2n) is 12.3. The van der Waals surface area contributed by atoms with Gasteiger partial charge in [-0.3, -0.25) is 4.90 Å². The fraction of sp³-hybridized carbons (Fsp3) is 0.438. The summed E-state index contributed by atoms with van der Waals surface area (Å²) in [5.74, 6) is 3.20. The minimum atomic E-state index is -0.845. The summed E-state index contributed by atoms with van der Waals surface area (Å²) in [6.07, 6.45) is 11.3. The summed E-state index contributed by atoms with van der Waals surface area (Å²) < 4.78 is 37.5. The lowest BCUT2D eigenvalue weighted by Gasteiger charge is -2.34. The van der Waals surface area contributed by atoms with Crippen LogP contribution in [0.2, 0.25) is 0 Å². The van der Waals surface area contributed by atoms with E-state index in [0.717, 1.165) is 56.5 Å². The van der Waals surface area contributed by atoms with Gasteiger partial charge in [0.1, 0.15) is 30.2 Å². The number of rotatable bonds is 5. The van der Waals surface area contributed by atoms with Gasteiger partial charge in [-0.1, -0.05) is 12.0 Å². The third-order valence-corrected chi connectivity index (χ3v) is 9.69. The molecule has 0 amide bonds. The molecule has 0 radical (unpaired) electrons. The van der Waals surface area contributed by atoms with E-state index in [4.69, 9.17) is 21.2 Å². The summed E-state index contributed by atoms with van der Waals surface area (Å²) in [6, 6.07) is 8.65. The number of hydrogen-bond donors (Lipinski definition) is 2. The van der Waals surface area contributed by atoms with Crippen LogP contribution in [-0.4, -0.2) is 81.4 Å². The Kier molecular flexibility index (Phi) is 5.85. The number of alkyl halides is 1. The number of aromatic hydroxyl groups is 1. The molecule has 3 unspecified atom stereocenters. The molecular formula is C32H32F2N6O2. The summed E-state index contributed by atoms with van der Waals surface area (Å²) in [6.45, 7) is 3.33. The first-order valence-electron chi connectivity index (χ1n) is 14.7. The quantitative estimate of drug-likeness (QED) is 0.347. The van der Waals surface area contributed by atoms with E-state index >= 15 is 0 Å². The number of halogens is 2. The van der Waals surface area contributed by atoms with Crippen molar-refractivity contribution in [3.05, 3.63) is 47.9 Å². The molecule has 8 nitrogen and oxygen atoms in total. The third kappa shape index (κ3) is 4.02. The van der Waals surface area contributed by atoms with Crippen LogP contribution < -0.4 is 15.0 Å². The van der Waals surface area contributed by atoms with E-state index in [2.05, 4.69) is 21.0 Å². The van der Waals surface area contributed by atoms with E-state index in [1.54, 1.807) is 29.1 Å². The summed E-state index contributed by atoms with van der Waals surface area (Å²) in [5.41, 5.74) is 0.965. The first-order chi connectivity index (χ1) is 20.4. The lowest BCUT2D eigenvalue weighted by atomic mass is 9.95. The number of nitrogens with zero attached hydrogens (tertiary/aromatic N) is 5. The van der Waals surface area contributed by atoms with E-state index in [1.807, 2.05) is 6.07 Å². The molecule has 2 bridgehead atoms. The highest BCUT2D eigenvalue weighted by Crippen LogP contribution is 2.41. The topological polar surface area (TPSA) is 78.7 Å². The first-order valence-corrected chi connectivity index (χ1v) is 14.7. The van der Waals surface area contributed by atoms with Crippen LogP contribution in [0, 0.1) is 18.2 Å². The molecule has 4 saturated heterocycles. The molecule has 216 valence electrons. The summed E-state index contributed by atoms with van der Waals surface area (Å²) in [5, 5.41) is 21.0. The van der Waals surface area contributed by atoms with Gasteiger partial charge in [0.15, 0.2) is 0 Å². The Bertz CT molecular complexity index is 1760. The number of benzene rings is 2. The third-order valence-electron chi connectivity index (χ3n) is 9.69. The maximum Gasteiger partial charge on any atom is 0.217 e. The number of phenolic OH excluding ortho intramolecular Hbond substituents is 1. The monoisotopic (exact) mass is 570 g/mol. The molecule has 4 atom stereocenters. The molecule has 42 heavy (non-hydrogen) atoms. The Hall–Kier alpha value is -3.94. The van der Waals surface area contributed by atoms with Gasteiger partial charge in [-0.15, -0.1) is 6.42 Å². The zero-order valence-corrected chi connectivity index (χ0v) is 23.2. The number of ether oxygens (including phenoxy) is 1. The molecule has 0 spiro atoms. The highest BCUT2D eigenvalue weighted by molar-refractivity contribution is 5.99. The molecule has 4 aliphatic heterocycles. The highest BCUT2D eigenvalue weighted by atomic mass is 19.1. The van der Waals surface area contributed by atoms with Crippen molar-refractivity contribution in [2.75, 3.05) is 37.7 Å². The number of aromatic nitrogens is 3. The van der Waals surface area contributed by atoms with Crippen LogP contribution in [0.15, 0.2) is 36.5 Å². The minimum absolute atomic E-state index is 0.0163. The average Bonchev–Trinajstić information content (AvgIpc) is 3.73. The Balaban J connectivity index is 1.28. The van der Waals surface area contributed by atoms with E-state index in [1.165, 1.54) is 6.07 Å². The fourth-order valence-corrected chi connectivity index (χ4v) is 7.83. The van der Waals surface area contributed by atoms with E-state index in [9.17, 15) is 13.9 Å². The van der Waals surface area contributed by atoms with Crippen LogP contribution in [0.25, 0.3) is 27.4 Å². The van der Waals surface area contributed by atoms with Gasteiger partial charge in [-0.2, -0.15) is 10.1 Å². The molecular weight excluding hydrogens is 538 g/mol. The first kappa shape index (κ1) is 25.7. The van der Waals surface area contributed by atoms with Crippen molar-refractivity contribution in [1.29, 1.82) is 0 Å². The molecule has 2 aromatic heterocycles. The molecule has 2 aromatic carbocycles. The molecule has 0 aliphatic carbocycles. The molecule has 2 N–H and O–H groups in total. The zero-order chi connectivity index (χ0) is 28.6. The highest BCUT2D eigenvalue weighted by Gasteiger charge is 2.49. The van der Waals surface area contributed by atoms with Crippen molar-refractivity contribution in [1.82, 2.24) is 25.0 Å². The second kappa shape index (κ2) is 9.54. The Morgan fingerprint density at radius 1 is 1.17 bits per heavy atom. The standard InChI is InChI=1S/C32H32F2N6O2/c1-2-24-26(34)7-4-19-10-23(41)11-28(30(19)24)40-27-12-29(42-18-32-8-3-9-39(32)15-20(33)13-32)37-31(25(27)14-35-40)38-16-21-5-6-22(17-38)36-21/h1,4,7,10-12,14,20-22,36,41H,3,5-6,8-9,13,15-18H2/t20?,21?,22?,32-/m0/s1. The van der Waals surface area contributed by atoms with Crippen LogP contribution in [0.3, 0.4) is 0 Å². The number of piperazine rings is 1. The predicted molar refractivity (Wildman–Crippen MR) is 157 cm³/mol. The summed E-state index contributed by atoms with van der Waals surface area (Å²) in [4.78, 5) is 9.53. The number of hydrogen-bond acceptors (Lipinski definition) is 7. The van der Waals surface area contributed by atoms with Crippen molar-refractivity contribution in [3.8, 4) is 29.7 Å². The SMILES string of the molecule is C#Cc1c(F)ccc2cc(O)cc(-n3ncc4c(N5CC6CCC(C5)N6)nc(OC[C@@]56CCCN5CC(F)C6)cc43)c12. The average molecular weight is 571 g/mol. The van der Waals surface area contributed by atoms with Gasteiger partial charge in [0.25, 0.3) is 0 Å². The van der Waals surface area contributed by atoms with Crippen LogP contribution in [0.5, 0.6) is 11.6 Å². The largest absolute Gasteiger partial charge is 0.508 e. The van der Waals surface area contributed by atoms with Gasteiger partial charge >= 0.3 is 0 Å². The number of nitrogens with one attached hydrogen (secondary N) is 1. The molecule has 4 fully saturated rings.